The van der Waals surface area contributed by atoms with Crippen molar-refractivity contribution in [1.82, 2.24) is 30.1 Å². The van der Waals surface area contributed by atoms with Crippen molar-refractivity contribution in [2.75, 3.05) is 19.6 Å². The molecule has 51 heavy (non-hydrogen) atoms. The average molecular weight is 729 g/mol. The monoisotopic (exact) mass is 728 g/mol. The van der Waals surface area contributed by atoms with E-state index >= 15 is 0 Å². The van der Waals surface area contributed by atoms with Crippen LogP contribution in [0.2, 0.25) is 0 Å². The van der Waals surface area contributed by atoms with E-state index in [1.165, 1.54) is 15.9 Å². The number of carbonyl (C=O) groups is 5. The van der Waals surface area contributed by atoms with Crippen LogP contribution in [0.3, 0.4) is 0 Å². The number of fused-ring (bicyclic) bond motifs is 3. The van der Waals surface area contributed by atoms with Crippen molar-refractivity contribution < 1.29 is 41.5 Å². The summed E-state index contributed by atoms with van der Waals surface area (Å²) in [5, 5.41) is 5.06. The zero-order valence-electron chi connectivity index (χ0n) is 28.5. The molecule has 276 valence electrons. The predicted octanol–water partition coefficient (Wildman–Crippen LogP) is 2.43. The Hall–Kier alpha value is -4.21. The average Bonchev–Trinajstić information content (AvgIpc) is 3.85. The largest absolute Gasteiger partial charge is 0.444 e. The van der Waals surface area contributed by atoms with Gasteiger partial charge in [-0.05, 0) is 63.0 Å². The molecule has 2 saturated carbocycles. The Morgan fingerprint density at radius 3 is 2.51 bits per heavy atom. The van der Waals surface area contributed by atoms with Crippen molar-refractivity contribution in [1.29, 1.82) is 0 Å². The summed E-state index contributed by atoms with van der Waals surface area (Å²) in [6.45, 7) is 1.18. The number of likely N-dealkylation sites (tertiary alicyclic amines) is 1. The van der Waals surface area contributed by atoms with Crippen LogP contribution in [-0.4, -0.2) is 102 Å². The molecule has 14 nitrogen and oxygen atoms in total. The molecule has 0 radical (unpaired) electrons. The molecule has 4 fully saturated rings. The number of sulfonamides is 1. The van der Waals surface area contributed by atoms with E-state index in [0.717, 1.165) is 25.7 Å². The summed E-state index contributed by atoms with van der Waals surface area (Å²) in [7, 11) is -3.90. The maximum absolute atomic E-state index is 14.4. The number of hydrogen-bond donors (Lipinski definition) is 3. The zero-order chi connectivity index (χ0) is 35.9. The standard InChI is InChI=1S/C35H45FN6O8S/c36-27-11-8-9-22-19-41(21-26(22)27)34(47)50-24-17-29-30(43)38-35(32(45)39-51(48,49)25-13-14-25)18-23(35)10-4-2-1-3-5-12-28(31(44)42(29)20-24)37-33(46)40-15-6-7-16-40/h4,8-11,23-25,28-29H,1-3,5-7,12-21H2,(H,37,46)(H,38,43)(H,39,45)/b10-4-/t23-,24+,28-,29-,35+/m0/s1. The van der Waals surface area contributed by atoms with Gasteiger partial charge in [-0.1, -0.05) is 37.1 Å². The number of nitrogens with one attached hydrogen (secondary N) is 3. The number of rotatable bonds is 5. The van der Waals surface area contributed by atoms with Crippen LogP contribution in [0.5, 0.6) is 0 Å². The lowest BCUT2D eigenvalue weighted by atomic mass is 10.0. The van der Waals surface area contributed by atoms with Gasteiger partial charge in [0.1, 0.15) is 29.5 Å². The first-order chi connectivity index (χ1) is 24.4. The van der Waals surface area contributed by atoms with E-state index in [4.69, 9.17) is 4.74 Å². The summed E-state index contributed by atoms with van der Waals surface area (Å²) >= 11 is 0. The van der Waals surface area contributed by atoms with E-state index < -0.39 is 74.5 Å². The topological polar surface area (TPSA) is 175 Å². The highest BCUT2D eigenvalue weighted by Gasteiger charge is 2.62. The van der Waals surface area contributed by atoms with Gasteiger partial charge in [0.2, 0.25) is 21.8 Å². The molecule has 2 saturated heterocycles. The number of nitrogens with zero attached hydrogens (tertiary/aromatic N) is 3. The molecule has 1 aromatic carbocycles. The normalized spacial score (nSPS) is 30.3. The van der Waals surface area contributed by atoms with Gasteiger partial charge in [-0.2, -0.15) is 0 Å². The van der Waals surface area contributed by atoms with Gasteiger partial charge in [0, 0.05) is 37.5 Å². The van der Waals surface area contributed by atoms with Crippen LogP contribution in [-0.2, 0) is 42.2 Å². The summed E-state index contributed by atoms with van der Waals surface area (Å²) in [4.78, 5) is 73.0. The maximum atomic E-state index is 14.4. The van der Waals surface area contributed by atoms with Crippen LogP contribution in [0.1, 0.15) is 81.8 Å². The molecule has 0 unspecified atom stereocenters. The van der Waals surface area contributed by atoms with Crippen LogP contribution in [0.4, 0.5) is 14.0 Å². The molecular weight excluding hydrogens is 683 g/mol. The van der Waals surface area contributed by atoms with Gasteiger partial charge in [-0.3, -0.25) is 24.0 Å². The summed E-state index contributed by atoms with van der Waals surface area (Å²) in [5.41, 5.74) is -0.467. The summed E-state index contributed by atoms with van der Waals surface area (Å²) < 4.78 is 47.9. The summed E-state index contributed by atoms with van der Waals surface area (Å²) in [6, 6.07) is 2.14. The molecule has 0 spiro atoms. The Morgan fingerprint density at radius 2 is 1.76 bits per heavy atom. The number of hydrogen-bond acceptors (Lipinski definition) is 8. The van der Waals surface area contributed by atoms with Crippen molar-refractivity contribution >= 4 is 39.9 Å². The minimum absolute atomic E-state index is 0.0149. The minimum atomic E-state index is -3.90. The number of benzene rings is 1. The van der Waals surface area contributed by atoms with E-state index in [2.05, 4.69) is 15.4 Å². The Labute approximate surface area is 296 Å². The quantitative estimate of drug-likeness (QED) is 0.388. The number of halogens is 1. The summed E-state index contributed by atoms with van der Waals surface area (Å²) in [5.74, 6) is -2.89. The SMILES string of the molecule is O=C1N[C@]2(C(=O)NS(=O)(=O)C3CC3)C[C@@H]2/C=C\CCCCC[C@H](NC(=O)N2CCCC2)C(=O)N2C[C@H](OC(=O)N3Cc4cccc(F)c4C3)C[C@@H]12. The third-order valence-electron chi connectivity index (χ3n) is 11.0. The first-order valence-electron chi connectivity index (χ1n) is 18.1. The Bertz CT molecular complexity index is 1730. The Balaban J connectivity index is 1.13. The van der Waals surface area contributed by atoms with E-state index in [1.807, 2.05) is 12.2 Å². The molecule has 0 aromatic heterocycles. The highest BCUT2D eigenvalue weighted by molar-refractivity contribution is 7.91. The smallest absolute Gasteiger partial charge is 0.410 e. The minimum Gasteiger partial charge on any atom is -0.444 e. The molecular formula is C35H45FN6O8S. The van der Waals surface area contributed by atoms with Crippen LogP contribution in [0.15, 0.2) is 30.4 Å². The lowest BCUT2D eigenvalue weighted by Gasteiger charge is -2.30. The molecule has 3 N–H and O–H groups in total. The van der Waals surface area contributed by atoms with Crippen LogP contribution < -0.4 is 15.4 Å². The molecule has 0 bridgehead atoms. The number of allylic oxidation sites excluding steroid dienone is 1. The first kappa shape index (κ1) is 35.2. The fraction of sp³-hybridized carbons (Fsp3) is 0.629. The highest BCUT2D eigenvalue weighted by atomic mass is 32.2. The maximum Gasteiger partial charge on any atom is 0.410 e. The van der Waals surface area contributed by atoms with Gasteiger partial charge >= 0.3 is 12.1 Å². The van der Waals surface area contributed by atoms with Crippen molar-refractivity contribution in [3.63, 3.8) is 0 Å². The molecule has 16 heteroatoms. The second-order valence-corrected chi connectivity index (χ2v) is 16.7. The number of amides is 6. The van der Waals surface area contributed by atoms with Gasteiger partial charge < -0.3 is 25.2 Å². The molecule has 5 atom stereocenters. The zero-order valence-corrected chi connectivity index (χ0v) is 29.3. The Kier molecular flexibility index (Phi) is 9.71. The first-order valence-corrected chi connectivity index (χ1v) is 19.6. The predicted molar refractivity (Wildman–Crippen MR) is 180 cm³/mol. The van der Waals surface area contributed by atoms with Gasteiger partial charge in [0.25, 0.3) is 5.91 Å². The van der Waals surface area contributed by atoms with Crippen LogP contribution in [0.25, 0.3) is 0 Å². The molecule has 6 aliphatic rings. The molecule has 6 amide bonds. The molecule has 4 heterocycles. The van der Waals surface area contributed by atoms with Crippen molar-refractivity contribution in [3.8, 4) is 0 Å². The number of ether oxygens (including phenoxy) is 1. The number of carbonyl (C=O) groups excluding carboxylic acids is 5. The van der Waals surface area contributed by atoms with E-state index in [1.54, 1.807) is 17.0 Å². The van der Waals surface area contributed by atoms with Crippen molar-refractivity contribution in [2.45, 2.75) is 113 Å². The fourth-order valence-electron chi connectivity index (χ4n) is 7.74. The van der Waals surface area contributed by atoms with Crippen LogP contribution >= 0.6 is 0 Å². The molecule has 2 aliphatic carbocycles. The lowest BCUT2D eigenvalue weighted by Crippen LogP contribution is -2.58. The third-order valence-corrected chi connectivity index (χ3v) is 12.8. The van der Waals surface area contributed by atoms with Gasteiger partial charge in [0.15, 0.2) is 0 Å². The molecule has 4 aliphatic heterocycles. The van der Waals surface area contributed by atoms with Crippen LogP contribution in [0, 0.1) is 11.7 Å². The van der Waals surface area contributed by atoms with E-state index in [-0.39, 0.29) is 38.5 Å². The van der Waals surface area contributed by atoms with E-state index in [0.29, 0.717) is 56.3 Å². The van der Waals surface area contributed by atoms with Gasteiger partial charge in [0.05, 0.1) is 18.3 Å². The fourth-order valence-corrected chi connectivity index (χ4v) is 9.10. The number of urea groups is 1. The van der Waals surface area contributed by atoms with Crippen molar-refractivity contribution in [3.05, 3.63) is 47.3 Å². The Morgan fingerprint density at radius 1 is 0.980 bits per heavy atom. The second kappa shape index (κ2) is 14.1. The van der Waals surface area contributed by atoms with Crippen molar-refractivity contribution in [2.24, 2.45) is 5.92 Å². The summed E-state index contributed by atoms with van der Waals surface area (Å²) in [6.07, 6.45) is 8.08. The lowest BCUT2D eigenvalue weighted by molar-refractivity contribution is -0.141. The third kappa shape index (κ3) is 7.42. The molecule has 1 aromatic rings. The highest BCUT2D eigenvalue weighted by Crippen LogP contribution is 2.46. The second-order valence-electron chi connectivity index (χ2n) is 14.7. The van der Waals surface area contributed by atoms with Gasteiger partial charge in [-0.25, -0.2) is 22.4 Å². The van der Waals surface area contributed by atoms with Gasteiger partial charge in [-0.15, -0.1) is 0 Å². The van der Waals surface area contributed by atoms with E-state index in [9.17, 15) is 36.8 Å². The molecule has 7 rings (SSSR count).